The van der Waals surface area contributed by atoms with Crippen LogP contribution < -0.4 is 5.32 Å². The van der Waals surface area contributed by atoms with Gasteiger partial charge in [0.1, 0.15) is 11.6 Å². The van der Waals surface area contributed by atoms with E-state index in [0.717, 1.165) is 6.07 Å². The van der Waals surface area contributed by atoms with Gasteiger partial charge in [0.2, 0.25) is 0 Å². The number of anilines is 2. The number of benzene rings is 2. The second-order valence-electron chi connectivity index (χ2n) is 3.99. The molecule has 0 spiro atoms. The van der Waals surface area contributed by atoms with Crippen molar-refractivity contribution in [2.45, 2.75) is 6.42 Å². The number of rotatable bonds is 4. The van der Waals surface area contributed by atoms with Crippen LogP contribution in [0, 0.1) is 11.6 Å². The molecule has 0 bridgehead atoms. The summed E-state index contributed by atoms with van der Waals surface area (Å²) in [5, 5.41) is 11.2. The summed E-state index contributed by atoms with van der Waals surface area (Å²) in [6.07, 6.45) is -0.253. The molecule has 98 valence electrons. The Hall–Kier alpha value is -2.43. The molecule has 0 aliphatic carbocycles. The number of carbonyl (C=O) groups is 1. The van der Waals surface area contributed by atoms with Crippen LogP contribution in [0.25, 0.3) is 0 Å². The fraction of sp³-hybridized carbons (Fsp3) is 0.0714. The average molecular weight is 263 g/mol. The third-order valence-corrected chi connectivity index (χ3v) is 2.53. The molecule has 0 heterocycles. The molecule has 2 aromatic carbocycles. The van der Waals surface area contributed by atoms with Gasteiger partial charge in [0, 0.05) is 0 Å². The van der Waals surface area contributed by atoms with Crippen molar-refractivity contribution in [2.24, 2.45) is 0 Å². The number of carboxylic acid groups (broad SMARTS) is 1. The summed E-state index contributed by atoms with van der Waals surface area (Å²) >= 11 is 0. The highest BCUT2D eigenvalue weighted by molar-refractivity contribution is 5.71. The van der Waals surface area contributed by atoms with E-state index in [-0.39, 0.29) is 17.8 Å². The van der Waals surface area contributed by atoms with Crippen molar-refractivity contribution >= 4 is 17.3 Å². The highest BCUT2D eigenvalue weighted by atomic mass is 19.1. The maximum absolute atomic E-state index is 13.7. The van der Waals surface area contributed by atoms with Crippen molar-refractivity contribution < 1.29 is 18.7 Å². The van der Waals surface area contributed by atoms with Crippen molar-refractivity contribution in [2.75, 3.05) is 5.32 Å². The molecule has 19 heavy (non-hydrogen) atoms. The first-order chi connectivity index (χ1) is 9.06. The fourth-order valence-corrected chi connectivity index (χ4v) is 1.65. The monoisotopic (exact) mass is 263 g/mol. The van der Waals surface area contributed by atoms with Gasteiger partial charge in [-0.3, -0.25) is 4.79 Å². The lowest BCUT2D eigenvalue weighted by atomic mass is 10.1. The van der Waals surface area contributed by atoms with Gasteiger partial charge in [-0.2, -0.15) is 0 Å². The van der Waals surface area contributed by atoms with E-state index in [0.29, 0.717) is 5.56 Å². The maximum Gasteiger partial charge on any atom is 0.307 e. The highest BCUT2D eigenvalue weighted by Crippen LogP contribution is 2.23. The number of halogens is 2. The van der Waals surface area contributed by atoms with E-state index in [2.05, 4.69) is 5.32 Å². The highest BCUT2D eigenvalue weighted by Gasteiger charge is 2.08. The normalized spacial score (nSPS) is 10.2. The largest absolute Gasteiger partial charge is 0.481 e. The minimum Gasteiger partial charge on any atom is -0.481 e. The zero-order valence-electron chi connectivity index (χ0n) is 9.86. The predicted octanol–water partition coefficient (Wildman–Crippen LogP) is 3.34. The number of hydrogen-bond donors (Lipinski definition) is 2. The Morgan fingerprint density at radius 3 is 2.37 bits per heavy atom. The van der Waals surface area contributed by atoms with Crippen molar-refractivity contribution in [1.29, 1.82) is 0 Å². The summed E-state index contributed by atoms with van der Waals surface area (Å²) in [4.78, 5) is 10.5. The molecule has 0 saturated carbocycles. The Morgan fingerprint density at radius 1 is 1.05 bits per heavy atom. The van der Waals surface area contributed by atoms with Crippen LogP contribution >= 0.6 is 0 Å². The van der Waals surface area contributed by atoms with E-state index >= 15 is 0 Å². The Morgan fingerprint density at radius 2 is 1.74 bits per heavy atom. The molecule has 0 unspecified atom stereocenters. The SMILES string of the molecule is O=C(O)Cc1ccc(Nc2ccccc2F)c(F)c1. The van der Waals surface area contributed by atoms with Gasteiger partial charge in [0.25, 0.3) is 0 Å². The van der Waals surface area contributed by atoms with Crippen LogP contribution in [-0.2, 0) is 11.2 Å². The Balaban J connectivity index is 2.22. The smallest absolute Gasteiger partial charge is 0.307 e. The van der Waals surface area contributed by atoms with Crippen molar-refractivity contribution in [3.05, 3.63) is 59.7 Å². The van der Waals surface area contributed by atoms with E-state index in [1.807, 2.05) is 0 Å². The fourth-order valence-electron chi connectivity index (χ4n) is 1.65. The van der Waals surface area contributed by atoms with Gasteiger partial charge < -0.3 is 10.4 Å². The number of hydrogen-bond acceptors (Lipinski definition) is 2. The second kappa shape index (κ2) is 5.48. The van der Waals surface area contributed by atoms with Gasteiger partial charge in [0.05, 0.1) is 17.8 Å². The van der Waals surface area contributed by atoms with Crippen LogP contribution in [0.2, 0.25) is 0 Å². The van der Waals surface area contributed by atoms with Crippen LogP contribution in [0.5, 0.6) is 0 Å². The van der Waals surface area contributed by atoms with Crippen LogP contribution in [0.15, 0.2) is 42.5 Å². The van der Waals surface area contributed by atoms with E-state index in [1.165, 1.54) is 30.3 Å². The molecule has 2 aromatic rings. The molecule has 0 atom stereocenters. The Bertz CT molecular complexity index is 614. The topological polar surface area (TPSA) is 49.3 Å². The standard InChI is InChI=1S/C14H11F2NO2/c15-10-3-1-2-4-12(10)17-13-6-5-9(7-11(13)16)8-14(18)19/h1-7,17H,8H2,(H,18,19). The molecular formula is C14H11F2NO2. The molecule has 3 nitrogen and oxygen atoms in total. The molecule has 2 rings (SSSR count). The predicted molar refractivity (Wildman–Crippen MR) is 67.4 cm³/mol. The molecule has 0 aliphatic heterocycles. The Kier molecular flexibility index (Phi) is 3.75. The number of para-hydroxylation sites is 1. The number of carboxylic acids is 1. The molecule has 0 aromatic heterocycles. The van der Waals surface area contributed by atoms with E-state index in [4.69, 9.17) is 5.11 Å². The quantitative estimate of drug-likeness (QED) is 0.889. The summed E-state index contributed by atoms with van der Waals surface area (Å²) in [6.45, 7) is 0. The van der Waals surface area contributed by atoms with Crippen molar-refractivity contribution in [3.8, 4) is 0 Å². The molecule has 0 aliphatic rings. The van der Waals surface area contributed by atoms with Gasteiger partial charge in [-0.1, -0.05) is 18.2 Å². The van der Waals surface area contributed by atoms with Crippen LogP contribution in [0.3, 0.4) is 0 Å². The first kappa shape index (κ1) is 13.0. The number of nitrogens with one attached hydrogen (secondary N) is 1. The van der Waals surface area contributed by atoms with E-state index in [1.54, 1.807) is 6.07 Å². The lowest BCUT2D eigenvalue weighted by Crippen LogP contribution is -2.02. The third-order valence-electron chi connectivity index (χ3n) is 2.53. The first-order valence-electron chi connectivity index (χ1n) is 5.58. The van der Waals surface area contributed by atoms with Gasteiger partial charge in [-0.15, -0.1) is 0 Å². The molecule has 0 saturated heterocycles. The molecule has 2 N–H and O–H groups in total. The van der Waals surface area contributed by atoms with Gasteiger partial charge in [-0.05, 0) is 29.8 Å². The maximum atomic E-state index is 13.7. The lowest BCUT2D eigenvalue weighted by molar-refractivity contribution is -0.136. The van der Waals surface area contributed by atoms with Crippen molar-refractivity contribution in [3.63, 3.8) is 0 Å². The van der Waals surface area contributed by atoms with E-state index in [9.17, 15) is 13.6 Å². The lowest BCUT2D eigenvalue weighted by Gasteiger charge is -2.09. The van der Waals surface area contributed by atoms with Crippen molar-refractivity contribution in [1.82, 2.24) is 0 Å². The van der Waals surface area contributed by atoms with Crippen LogP contribution in [-0.4, -0.2) is 11.1 Å². The molecular weight excluding hydrogens is 252 g/mol. The summed E-state index contributed by atoms with van der Waals surface area (Å²) in [5.41, 5.74) is 0.607. The van der Waals surface area contributed by atoms with Gasteiger partial charge in [-0.25, -0.2) is 8.78 Å². The third kappa shape index (κ3) is 3.28. The summed E-state index contributed by atoms with van der Waals surface area (Å²) in [5.74, 6) is -2.15. The van der Waals surface area contributed by atoms with Gasteiger partial charge in [0.15, 0.2) is 0 Å². The molecule has 0 radical (unpaired) electrons. The van der Waals surface area contributed by atoms with E-state index < -0.39 is 17.6 Å². The molecule has 0 amide bonds. The first-order valence-corrected chi connectivity index (χ1v) is 5.58. The zero-order chi connectivity index (χ0) is 13.8. The second-order valence-corrected chi connectivity index (χ2v) is 3.99. The summed E-state index contributed by atoms with van der Waals surface area (Å²) in [7, 11) is 0. The minimum atomic E-state index is -1.03. The van der Waals surface area contributed by atoms with Gasteiger partial charge >= 0.3 is 5.97 Å². The number of aliphatic carboxylic acids is 1. The Labute approximate surface area is 108 Å². The minimum absolute atomic E-state index is 0.0965. The molecule has 5 heteroatoms. The van der Waals surface area contributed by atoms with Crippen LogP contribution in [0.4, 0.5) is 20.2 Å². The average Bonchev–Trinajstić information content (AvgIpc) is 2.34. The van der Waals surface area contributed by atoms with Crippen LogP contribution in [0.1, 0.15) is 5.56 Å². The zero-order valence-corrected chi connectivity index (χ0v) is 9.86. The molecule has 0 fully saturated rings. The summed E-state index contributed by atoms with van der Waals surface area (Å²) < 4.78 is 27.1. The summed E-state index contributed by atoms with van der Waals surface area (Å²) in [6, 6.07) is 9.91.